The molecule has 7 nitrogen and oxygen atoms in total. The summed E-state index contributed by atoms with van der Waals surface area (Å²) in [7, 11) is 0. The van der Waals surface area contributed by atoms with Gasteiger partial charge in [-0.05, 0) is 35.9 Å². The van der Waals surface area contributed by atoms with Gasteiger partial charge in [0, 0.05) is 17.1 Å². The van der Waals surface area contributed by atoms with Crippen LogP contribution in [-0.2, 0) is 22.7 Å². The highest BCUT2D eigenvalue weighted by molar-refractivity contribution is 6.31. The van der Waals surface area contributed by atoms with Crippen LogP contribution in [0.5, 0.6) is 17.2 Å². The number of hydrogen-bond donors (Lipinski definition) is 1. The Kier molecular flexibility index (Phi) is 6.77. The third-order valence-corrected chi connectivity index (χ3v) is 5.08. The second-order valence-electron chi connectivity index (χ2n) is 6.92. The lowest BCUT2D eigenvalue weighted by Crippen LogP contribution is -2.28. The predicted molar refractivity (Wildman–Crippen MR) is 117 cm³/mol. The first-order valence-electron chi connectivity index (χ1n) is 9.88. The van der Waals surface area contributed by atoms with E-state index in [0.717, 1.165) is 11.1 Å². The van der Waals surface area contributed by atoms with Gasteiger partial charge in [-0.1, -0.05) is 48.0 Å². The van der Waals surface area contributed by atoms with Crippen LogP contribution in [0.25, 0.3) is 0 Å². The first-order valence-corrected chi connectivity index (χ1v) is 10.3. The number of rotatable bonds is 8. The molecule has 0 atom stereocenters. The minimum atomic E-state index is -0.655. The minimum Gasteiger partial charge on any atom is -0.488 e. The topological polar surface area (TPSA) is 83.1 Å². The summed E-state index contributed by atoms with van der Waals surface area (Å²) < 4.78 is 21.5. The Hall–Kier alpha value is -3.71. The summed E-state index contributed by atoms with van der Waals surface area (Å²) in [6.07, 6.45) is 0. The van der Waals surface area contributed by atoms with Crippen molar-refractivity contribution < 1.29 is 28.5 Å². The van der Waals surface area contributed by atoms with Crippen molar-refractivity contribution in [1.82, 2.24) is 5.32 Å². The fourth-order valence-corrected chi connectivity index (χ4v) is 3.23. The molecule has 4 rings (SSSR count). The molecule has 1 aliphatic heterocycles. The number of nitrogens with one attached hydrogen (secondary N) is 1. The molecular formula is C24H20ClNO6. The van der Waals surface area contributed by atoms with Crippen LogP contribution in [0.3, 0.4) is 0 Å². The molecule has 1 amide bonds. The molecule has 32 heavy (non-hydrogen) atoms. The number of fused-ring (bicyclic) bond motifs is 1. The minimum absolute atomic E-state index is 0.185. The molecule has 1 N–H and O–H groups in total. The van der Waals surface area contributed by atoms with Gasteiger partial charge >= 0.3 is 5.97 Å². The van der Waals surface area contributed by atoms with Crippen LogP contribution in [0.4, 0.5) is 0 Å². The van der Waals surface area contributed by atoms with Crippen molar-refractivity contribution in [2.24, 2.45) is 0 Å². The number of hydrogen-bond acceptors (Lipinski definition) is 6. The summed E-state index contributed by atoms with van der Waals surface area (Å²) in [5.41, 5.74) is 1.86. The first kappa shape index (κ1) is 21.5. The molecule has 1 aliphatic rings. The second kappa shape index (κ2) is 10.1. The number of carbonyl (C=O) groups is 2. The number of esters is 1. The quantitative estimate of drug-likeness (QED) is 0.516. The van der Waals surface area contributed by atoms with E-state index in [0.29, 0.717) is 22.3 Å². The average molecular weight is 454 g/mol. The summed E-state index contributed by atoms with van der Waals surface area (Å²) in [5.74, 6) is 0.572. The van der Waals surface area contributed by atoms with Crippen LogP contribution in [0, 0.1) is 0 Å². The number of amides is 1. The molecule has 0 fully saturated rings. The van der Waals surface area contributed by atoms with Gasteiger partial charge in [0.15, 0.2) is 18.1 Å². The largest absolute Gasteiger partial charge is 0.488 e. The number of benzene rings is 3. The summed E-state index contributed by atoms with van der Waals surface area (Å²) in [5, 5.41) is 3.28. The lowest BCUT2D eigenvalue weighted by Gasteiger charge is -2.12. The molecular weight excluding hydrogens is 434 g/mol. The maximum absolute atomic E-state index is 12.5. The molecule has 0 saturated carbocycles. The summed E-state index contributed by atoms with van der Waals surface area (Å²) in [6.45, 7) is 0.234. The van der Waals surface area contributed by atoms with Crippen molar-refractivity contribution in [3.8, 4) is 17.2 Å². The molecule has 3 aromatic carbocycles. The van der Waals surface area contributed by atoms with Gasteiger partial charge in [-0.25, -0.2) is 4.79 Å². The van der Waals surface area contributed by atoms with Gasteiger partial charge in [0.2, 0.25) is 6.79 Å². The van der Waals surface area contributed by atoms with Crippen molar-refractivity contribution in [3.05, 3.63) is 88.4 Å². The average Bonchev–Trinajstić information content (AvgIpc) is 3.29. The highest BCUT2D eigenvalue weighted by Gasteiger charge is 2.17. The lowest BCUT2D eigenvalue weighted by molar-refractivity contribution is -0.124. The normalized spacial score (nSPS) is 11.7. The Morgan fingerprint density at radius 1 is 0.969 bits per heavy atom. The van der Waals surface area contributed by atoms with E-state index >= 15 is 0 Å². The van der Waals surface area contributed by atoms with Crippen LogP contribution in [0.1, 0.15) is 21.5 Å². The van der Waals surface area contributed by atoms with Crippen molar-refractivity contribution in [1.29, 1.82) is 0 Å². The van der Waals surface area contributed by atoms with E-state index in [9.17, 15) is 9.59 Å². The van der Waals surface area contributed by atoms with Crippen LogP contribution in [0.15, 0.2) is 66.7 Å². The lowest BCUT2D eigenvalue weighted by atomic mass is 10.2. The molecule has 1 heterocycles. The number of ether oxygens (including phenoxy) is 4. The summed E-state index contributed by atoms with van der Waals surface area (Å²) in [4.78, 5) is 24.6. The number of halogens is 1. The van der Waals surface area contributed by atoms with E-state index in [1.807, 2.05) is 24.3 Å². The van der Waals surface area contributed by atoms with E-state index in [-0.39, 0.29) is 25.5 Å². The molecule has 0 aromatic heterocycles. The van der Waals surface area contributed by atoms with Crippen LogP contribution < -0.4 is 19.5 Å². The van der Waals surface area contributed by atoms with E-state index < -0.39 is 18.5 Å². The van der Waals surface area contributed by atoms with Gasteiger partial charge in [0.05, 0.1) is 0 Å². The van der Waals surface area contributed by atoms with Crippen LogP contribution >= 0.6 is 11.6 Å². The van der Waals surface area contributed by atoms with Crippen LogP contribution in [-0.4, -0.2) is 25.3 Å². The van der Waals surface area contributed by atoms with Crippen molar-refractivity contribution in [3.63, 3.8) is 0 Å². The van der Waals surface area contributed by atoms with Crippen molar-refractivity contribution >= 4 is 23.5 Å². The molecule has 8 heteroatoms. The SMILES string of the molecule is O=C(COC(=O)c1ccccc1OCc1ccccc1Cl)NCc1ccc2c(c1)OCO2. The van der Waals surface area contributed by atoms with Crippen molar-refractivity contribution in [2.45, 2.75) is 13.2 Å². The maximum atomic E-state index is 12.5. The molecule has 0 radical (unpaired) electrons. The predicted octanol–water partition coefficient (Wildman–Crippen LogP) is 4.12. The van der Waals surface area contributed by atoms with E-state index in [1.54, 1.807) is 42.5 Å². The van der Waals surface area contributed by atoms with Gasteiger partial charge in [-0.2, -0.15) is 0 Å². The number of carbonyl (C=O) groups excluding carboxylic acids is 2. The summed E-state index contributed by atoms with van der Waals surface area (Å²) >= 11 is 6.15. The fraction of sp³-hybridized carbons (Fsp3) is 0.167. The molecule has 3 aromatic rings. The highest BCUT2D eigenvalue weighted by Crippen LogP contribution is 2.32. The van der Waals surface area contributed by atoms with Crippen LogP contribution in [0.2, 0.25) is 5.02 Å². The molecule has 0 unspecified atom stereocenters. The standard InChI is InChI=1S/C24H20ClNO6/c25-19-7-3-1-5-17(19)13-29-20-8-4-2-6-18(20)24(28)30-14-23(27)26-12-16-9-10-21-22(11-16)32-15-31-21/h1-11H,12-15H2,(H,26,27). The fourth-order valence-electron chi connectivity index (χ4n) is 3.04. The van der Waals surface area contributed by atoms with Gasteiger partial charge in [-0.3, -0.25) is 4.79 Å². The Morgan fingerprint density at radius 3 is 2.62 bits per heavy atom. The van der Waals surface area contributed by atoms with E-state index in [2.05, 4.69) is 5.32 Å². The van der Waals surface area contributed by atoms with Gasteiger partial charge in [0.25, 0.3) is 5.91 Å². The van der Waals surface area contributed by atoms with Crippen molar-refractivity contribution in [2.75, 3.05) is 13.4 Å². The third kappa shape index (κ3) is 5.31. The Labute approximate surface area is 189 Å². The monoisotopic (exact) mass is 453 g/mol. The zero-order valence-electron chi connectivity index (χ0n) is 17.0. The maximum Gasteiger partial charge on any atom is 0.342 e. The Balaban J connectivity index is 1.29. The van der Waals surface area contributed by atoms with Gasteiger partial charge in [-0.15, -0.1) is 0 Å². The van der Waals surface area contributed by atoms with E-state index in [1.165, 1.54) is 0 Å². The molecule has 0 saturated heterocycles. The molecule has 164 valence electrons. The molecule has 0 spiro atoms. The van der Waals surface area contributed by atoms with Gasteiger partial charge < -0.3 is 24.3 Å². The zero-order valence-corrected chi connectivity index (χ0v) is 17.8. The zero-order chi connectivity index (χ0) is 22.3. The number of para-hydroxylation sites is 1. The smallest absolute Gasteiger partial charge is 0.342 e. The molecule has 0 bridgehead atoms. The third-order valence-electron chi connectivity index (χ3n) is 4.71. The van der Waals surface area contributed by atoms with E-state index in [4.69, 9.17) is 30.5 Å². The molecule has 0 aliphatic carbocycles. The second-order valence-corrected chi connectivity index (χ2v) is 7.32. The Bertz CT molecular complexity index is 1130. The first-order chi connectivity index (χ1) is 15.6. The summed E-state index contributed by atoms with van der Waals surface area (Å²) in [6, 6.07) is 19.4. The Morgan fingerprint density at radius 2 is 1.75 bits per heavy atom. The van der Waals surface area contributed by atoms with Gasteiger partial charge in [0.1, 0.15) is 17.9 Å². The highest BCUT2D eigenvalue weighted by atomic mass is 35.5.